The molecule has 1 aromatic heterocycles. The average molecular weight is 400 g/mol. The second kappa shape index (κ2) is 8.16. The summed E-state index contributed by atoms with van der Waals surface area (Å²) in [4.78, 5) is 13.3. The van der Waals surface area contributed by atoms with Gasteiger partial charge in [0.15, 0.2) is 0 Å². The van der Waals surface area contributed by atoms with Crippen molar-refractivity contribution in [2.24, 2.45) is 0 Å². The molecule has 0 aliphatic carbocycles. The van der Waals surface area contributed by atoms with E-state index in [1.807, 2.05) is 29.6 Å². The molecule has 28 heavy (non-hydrogen) atoms. The topological polar surface area (TPSA) is 61.8 Å². The lowest BCUT2D eigenvalue weighted by Gasteiger charge is -2.40. The third kappa shape index (κ3) is 4.10. The van der Waals surface area contributed by atoms with Gasteiger partial charge in [-0.3, -0.25) is 9.29 Å². The van der Waals surface area contributed by atoms with Crippen LogP contribution in [0, 0.1) is 0 Å². The van der Waals surface area contributed by atoms with Gasteiger partial charge in [0.2, 0.25) is 0 Å². The molecule has 5 nitrogen and oxygen atoms in total. The Kier molecular flexibility index (Phi) is 5.45. The Balaban J connectivity index is 1.36. The zero-order valence-corrected chi connectivity index (χ0v) is 16.0. The van der Waals surface area contributed by atoms with E-state index in [1.54, 1.807) is 18.2 Å². The predicted molar refractivity (Wildman–Crippen MR) is 110 cm³/mol. The molecule has 0 amide bonds. The number of thiophene rings is 1. The molecule has 2 aromatic carbocycles. The van der Waals surface area contributed by atoms with Crippen LogP contribution in [0.4, 0.5) is 10.1 Å². The molecule has 2 N–H and O–H groups in total. The molecule has 1 aliphatic rings. The van der Waals surface area contributed by atoms with E-state index in [-0.39, 0.29) is 12.2 Å². The van der Waals surface area contributed by atoms with Crippen molar-refractivity contribution in [2.45, 2.75) is 12.5 Å². The van der Waals surface area contributed by atoms with Crippen LogP contribution in [0.25, 0.3) is 10.1 Å². The first-order valence-electron chi connectivity index (χ1n) is 9.19. The highest BCUT2D eigenvalue weighted by Crippen LogP contribution is 2.36. The minimum atomic E-state index is -0.933. The average Bonchev–Trinajstić information content (AvgIpc) is 3.07. The number of aromatic carboxylic acids is 1. The van der Waals surface area contributed by atoms with Gasteiger partial charge in [0.1, 0.15) is 11.5 Å². The highest BCUT2D eigenvalue weighted by atomic mass is 32.1. The molecule has 2 heterocycles. The molecule has 1 saturated heterocycles. The molecule has 1 aliphatic heterocycles. The highest BCUT2D eigenvalue weighted by Gasteiger charge is 2.25. The maximum absolute atomic E-state index is 12.2. The first-order chi connectivity index (χ1) is 13.6. The van der Waals surface area contributed by atoms with Crippen LogP contribution >= 0.6 is 11.3 Å². The number of hydrogen-bond acceptors (Lipinski definition) is 5. The molecule has 7 heteroatoms. The van der Waals surface area contributed by atoms with E-state index in [2.05, 4.69) is 10.2 Å². The first-order valence-corrected chi connectivity index (χ1v) is 10.1. The monoisotopic (exact) mass is 400 g/mol. The summed E-state index contributed by atoms with van der Waals surface area (Å²) in [5.41, 5.74) is 1.30. The Morgan fingerprint density at radius 2 is 2.04 bits per heavy atom. The first kappa shape index (κ1) is 18.7. The van der Waals surface area contributed by atoms with Crippen LogP contribution in [-0.2, 0) is 0 Å². The quantitative estimate of drug-likeness (QED) is 0.566. The van der Waals surface area contributed by atoms with Crippen molar-refractivity contribution in [1.29, 1.82) is 0 Å². The van der Waals surface area contributed by atoms with Crippen molar-refractivity contribution in [1.82, 2.24) is 4.90 Å². The van der Waals surface area contributed by atoms with Gasteiger partial charge in [-0.15, -0.1) is 11.3 Å². The Morgan fingerprint density at radius 3 is 2.75 bits per heavy atom. The second-order valence-electron chi connectivity index (χ2n) is 6.89. The van der Waals surface area contributed by atoms with Crippen LogP contribution in [0.3, 0.4) is 0 Å². The molecular formula is C21H21FN2O3S. The van der Waals surface area contributed by atoms with Gasteiger partial charge in [0.25, 0.3) is 0 Å². The van der Waals surface area contributed by atoms with Gasteiger partial charge in [-0.2, -0.15) is 0 Å². The SMILES string of the molecule is O=C(O)c1ccc2c(Oc3ccc(NC4CN(CCCF)C4)cc3)csc2c1. The third-order valence-corrected chi connectivity index (χ3v) is 5.73. The molecule has 0 unspecified atom stereocenters. The molecule has 0 saturated carbocycles. The number of carboxylic acid groups (broad SMARTS) is 1. The van der Waals surface area contributed by atoms with Crippen molar-refractivity contribution < 1.29 is 19.0 Å². The molecule has 146 valence electrons. The minimum Gasteiger partial charge on any atom is -0.478 e. The number of alkyl halides is 1. The Morgan fingerprint density at radius 1 is 1.25 bits per heavy atom. The maximum Gasteiger partial charge on any atom is 0.335 e. The van der Waals surface area contributed by atoms with Gasteiger partial charge < -0.3 is 15.2 Å². The summed E-state index contributed by atoms with van der Waals surface area (Å²) >= 11 is 1.46. The number of ether oxygens (including phenoxy) is 1. The van der Waals surface area contributed by atoms with Crippen molar-refractivity contribution in [3.05, 3.63) is 53.4 Å². The van der Waals surface area contributed by atoms with Crippen LogP contribution in [0.2, 0.25) is 0 Å². The van der Waals surface area contributed by atoms with Crippen molar-refractivity contribution in [3.8, 4) is 11.5 Å². The summed E-state index contributed by atoms with van der Waals surface area (Å²) in [6, 6.07) is 13.2. The Labute approximate surface area is 166 Å². The summed E-state index contributed by atoms with van der Waals surface area (Å²) in [6.45, 7) is 2.45. The summed E-state index contributed by atoms with van der Waals surface area (Å²) in [5, 5.41) is 15.4. The molecule has 0 atom stereocenters. The minimum absolute atomic E-state index is 0.254. The molecule has 0 spiro atoms. The zero-order valence-electron chi connectivity index (χ0n) is 15.2. The van der Waals surface area contributed by atoms with E-state index >= 15 is 0 Å². The Hall–Kier alpha value is -2.64. The number of carboxylic acids is 1. The summed E-state index contributed by atoms with van der Waals surface area (Å²) < 4.78 is 19.1. The van der Waals surface area contributed by atoms with E-state index in [9.17, 15) is 9.18 Å². The number of anilines is 1. The molecule has 3 aromatic rings. The van der Waals surface area contributed by atoms with E-state index in [4.69, 9.17) is 9.84 Å². The van der Waals surface area contributed by atoms with Crippen LogP contribution in [0.1, 0.15) is 16.8 Å². The molecule has 1 fully saturated rings. The largest absolute Gasteiger partial charge is 0.478 e. The second-order valence-corrected chi connectivity index (χ2v) is 7.80. The number of nitrogens with zero attached hydrogens (tertiary/aromatic N) is 1. The smallest absolute Gasteiger partial charge is 0.335 e. The predicted octanol–water partition coefficient (Wildman–Crippen LogP) is 4.85. The van der Waals surface area contributed by atoms with E-state index in [1.165, 1.54) is 11.3 Å². The molecule has 0 radical (unpaired) electrons. The normalized spacial score (nSPS) is 14.8. The summed E-state index contributed by atoms with van der Waals surface area (Å²) in [5.74, 6) is 0.517. The lowest BCUT2D eigenvalue weighted by Crippen LogP contribution is -2.54. The number of hydrogen-bond donors (Lipinski definition) is 2. The van der Waals surface area contributed by atoms with Crippen LogP contribution < -0.4 is 10.1 Å². The number of benzene rings is 2. The number of nitrogens with one attached hydrogen (secondary N) is 1. The van der Waals surface area contributed by atoms with Gasteiger partial charge in [0, 0.05) is 40.8 Å². The molecular weight excluding hydrogens is 379 g/mol. The zero-order chi connectivity index (χ0) is 19.5. The van der Waals surface area contributed by atoms with Gasteiger partial charge in [-0.1, -0.05) is 0 Å². The van der Waals surface area contributed by atoms with Crippen molar-refractivity contribution in [2.75, 3.05) is 31.6 Å². The van der Waals surface area contributed by atoms with Crippen LogP contribution in [-0.4, -0.2) is 48.3 Å². The number of rotatable bonds is 8. The summed E-state index contributed by atoms with van der Waals surface area (Å²) in [6.07, 6.45) is 0.605. The van der Waals surface area contributed by atoms with Gasteiger partial charge in [-0.25, -0.2) is 4.79 Å². The fraction of sp³-hybridized carbons (Fsp3) is 0.286. The van der Waals surface area contributed by atoms with Crippen molar-refractivity contribution in [3.63, 3.8) is 0 Å². The standard InChI is InChI=1S/C21H21FN2O3S/c22-8-1-9-24-11-16(12-24)23-15-3-5-17(6-4-15)27-19-13-28-20-10-14(21(25)26)2-7-18(19)20/h2-7,10,13,16,23H,1,8-9,11-12H2,(H,25,26). The molecule has 0 bridgehead atoms. The number of carbonyl (C=O) groups is 1. The van der Waals surface area contributed by atoms with E-state index in [0.717, 1.165) is 46.9 Å². The van der Waals surface area contributed by atoms with Crippen LogP contribution in [0.15, 0.2) is 47.8 Å². The maximum atomic E-state index is 12.2. The highest BCUT2D eigenvalue weighted by molar-refractivity contribution is 7.17. The fourth-order valence-corrected chi connectivity index (χ4v) is 4.22. The van der Waals surface area contributed by atoms with Gasteiger partial charge >= 0.3 is 5.97 Å². The lowest BCUT2D eigenvalue weighted by molar-refractivity contribution is 0.0697. The number of fused-ring (bicyclic) bond motifs is 1. The van der Waals surface area contributed by atoms with Crippen molar-refractivity contribution >= 4 is 33.1 Å². The Bertz CT molecular complexity index is 967. The van der Waals surface area contributed by atoms with Gasteiger partial charge in [0.05, 0.1) is 18.3 Å². The third-order valence-electron chi connectivity index (χ3n) is 4.81. The van der Waals surface area contributed by atoms with Gasteiger partial charge in [-0.05, 0) is 48.9 Å². The van der Waals surface area contributed by atoms with E-state index in [0.29, 0.717) is 12.5 Å². The fourth-order valence-electron chi connectivity index (χ4n) is 3.32. The summed E-state index contributed by atoms with van der Waals surface area (Å²) in [7, 11) is 0. The molecule has 4 rings (SSSR count). The lowest BCUT2D eigenvalue weighted by atomic mass is 10.1. The number of halogens is 1. The van der Waals surface area contributed by atoms with Crippen LogP contribution in [0.5, 0.6) is 11.5 Å². The number of likely N-dealkylation sites (tertiary alicyclic amines) is 1. The van der Waals surface area contributed by atoms with E-state index < -0.39 is 5.97 Å².